The van der Waals surface area contributed by atoms with E-state index in [1.807, 2.05) is 36.4 Å². The molecule has 2 aromatic carbocycles. The Kier molecular flexibility index (Phi) is 7.14. The minimum absolute atomic E-state index is 0.0710. The lowest BCUT2D eigenvalue weighted by Crippen LogP contribution is -2.46. The molecular formula is C21H26ClN5O. The van der Waals surface area contributed by atoms with E-state index in [1.165, 1.54) is 0 Å². The van der Waals surface area contributed by atoms with Gasteiger partial charge in [0.1, 0.15) is 0 Å². The average Bonchev–Trinajstić information content (AvgIpc) is 3.19. The summed E-state index contributed by atoms with van der Waals surface area (Å²) in [7, 11) is 1.75. The molecule has 0 radical (unpaired) electrons. The Bertz CT molecular complexity index is 811. The van der Waals surface area contributed by atoms with Crippen LogP contribution in [0.25, 0.3) is 0 Å². The van der Waals surface area contributed by atoms with Gasteiger partial charge in [-0.1, -0.05) is 35.9 Å². The summed E-state index contributed by atoms with van der Waals surface area (Å²) in [6.45, 7) is 2.99. The highest BCUT2D eigenvalue weighted by molar-refractivity contribution is 6.30. The molecule has 1 fully saturated rings. The number of carbonyl (C=O) groups excluding carboxylic acids is 1. The van der Waals surface area contributed by atoms with E-state index in [-0.39, 0.29) is 5.91 Å². The zero-order valence-electron chi connectivity index (χ0n) is 16.0. The van der Waals surface area contributed by atoms with Gasteiger partial charge in [0.25, 0.3) is 5.91 Å². The monoisotopic (exact) mass is 399 g/mol. The Morgan fingerprint density at radius 1 is 1.14 bits per heavy atom. The molecule has 7 heteroatoms. The highest BCUT2D eigenvalue weighted by atomic mass is 35.5. The van der Waals surface area contributed by atoms with E-state index in [4.69, 9.17) is 11.6 Å². The number of aliphatic imine (C=N–C) groups is 1. The van der Waals surface area contributed by atoms with Gasteiger partial charge in [0.05, 0.1) is 0 Å². The molecule has 0 aromatic heterocycles. The zero-order valence-corrected chi connectivity index (χ0v) is 16.7. The first-order valence-corrected chi connectivity index (χ1v) is 9.84. The molecule has 0 saturated carbocycles. The van der Waals surface area contributed by atoms with E-state index in [2.05, 4.69) is 31.9 Å². The van der Waals surface area contributed by atoms with Crippen molar-refractivity contribution >= 4 is 29.2 Å². The third-order valence-electron chi connectivity index (χ3n) is 4.67. The van der Waals surface area contributed by atoms with Crippen LogP contribution in [0.15, 0.2) is 59.6 Å². The molecule has 1 amide bonds. The molecule has 6 nitrogen and oxygen atoms in total. The Morgan fingerprint density at radius 2 is 1.93 bits per heavy atom. The Morgan fingerprint density at radius 3 is 2.68 bits per heavy atom. The Labute approximate surface area is 171 Å². The van der Waals surface area contributed by atoms with Crippen LogP contribution in [-0.2, 0) is 0 Å². The van der Waals surface area contributed by atoms with Crippen LogP contribution in [0.1, 0.15) is 16.8 Å². The van der Waals surface area contributed by atoms with E-state index in [9.17, 15) is 4.79 Å². The van der Waals surface area contributed by atoms with E-state index in [0.717, 1.165) is 36.2 Å². The van der Waals surface area contributed by atoms with Crippen LogP contribution in [0, 0.1) is 0 Å². The molecule has 1 aliphatic heterocycles. The maximum atomic E-state index is 12.0. The first-order valence-electron chi connectivity index (χ1n) is 9.46. The Balaban J connectivity index is 1.40. The lowest BCUT2D eigenvalue weighted by Gasteiger charge is -2.20. The topological polar surface area (TPSA) is 68.8 Å². The van der Waals surface area contributed by atoms with Crippen molar-refractivity contribution in [1.82, 2.24) is 16.0 Å². The van der Waals surface area contributed by atoms with Crippen LogP contribution in [-0.4, -0.2) is 51.1 Å². The van der Waals surface area contributed by atoms with Crippen molar-refractivity contribution < 1.29 is 4.79 Å². The van der Waals surface area contributed by atoms with Crippen LogP contribution >= 0.6 is 11.6 Å². The van der Waals surface area contributed by atoms with Crippen LogP contribution in [0.3, 0.4) is 0 Å². The molecule has 2 aromatic rings. The fourth-order valence-corrected chi connectivity index (χ4v) is 3.41. The quantitative estimate of drug-likeness (QED) is 0.396. The maximum Gasteiger partial charge on any atom is 0.251 e. The molecule has 1 saturated heterocycles. The second kappa shape index (κ2) is 9.99. The zero-order chi connectivity index (χ0) is 19.8. The summed E-state index contributed by atoms with van der Waals surface area (Å²) in [6, 6.07) is 17.4. The van der Waals surface area contributed by atoms with E-state index < -0.39 is 0 Å². The third kappa shape index (κ3) is 5.63. The van der Waals surface area contributed by atoms with Gasteiger partial charge in [-0.3, -0.25) is 9.79 Å². The van der Waals surface area contributed by atoms with Crippen molar-refractivity contribution in [3.8, 4) is 0 Å². The van der Waals surface area contributed by atoms with Crippen molar-refractivity contribution in [1.29, 1.82) is 0 Å². The molecule has 0 spiro atoms. The van der Waals surface area contributed by atoms with Gasteiger partial charge in [-0.2, -0.15) is 0 Å². The average molecular weight is 400 g/mol. The van der Waals surface area contributed by atoms with Crippen LogP contribution < -0.4 is 20.9 Å². The number of hydrogen-bond donors (Lipinski definition) is 3. The molecule has 1 atom stereocenters. The summed E-state index contributed by atoms with van der Waals surface area (Å²) in [5.74, 6) is 0.671. The van der Waals surface area contributed by atoms with E-state index in [0.29, 0.717) is 24.7 Å². The molecule has 1 heterocycles. The van der Waals surface area contributed by atoms with Crippen LogP contribution in [0.2, 0.25) is 5.02 Å². The van der Waals surface area contributed by atoms with Gasteiger partial charge in [0, 0.05) is 55.5 Å². The van der Waals surface area contributed by atoms with Gasteiger partial charge in [-0.05, 0) is 36.8 Å². The summed E-state index contributed by atoms with van der Waals surface area (Å²) >= 11 is 6.10. The number of rotatable bonds is 6. The number of nitrogens with one attached hydrogen (secondary N) is 3. The standard InChI is InChI=1S/C21H26ClN5O/c1-23-21(25-12-11-24-20(28)16-6-3-2-4-7-16)26-18-10-13-27(15-18)19-9-5-8-17(22)14-19/h2-9,14,18H,10-13,15H2,1H3,(H,24,28)(H2,23,25,26). The number of carbonyl (C=O) groups is 1. The van der Waals surface area contributed by atoms with Crippen molar-refractivity contribution in [2.75, 3.05) is 38.1 Å². The highest BCUT2D eigenvalue weighted by Gasteiger charge is 2.23. The molecule has 28 heavy (non-hydrogen) atoms. The summed E-state index contributed by atoms with van der Waals surface area (Å²) < 4.78 is 0. The highest BCUT2D eigenvalue weighted by Crippen LogP contribution is 2.23. The Hall–Kier alpha value is -2.73. The van der Waals surface area contributed by atoms with Gasteiger partial charge in [0.2, 0.25) is 0 Å². The van der Waals surface area contributed by atoms with Crippen LogP contribution in [0.4, 0.5) is 5.69 Å². The molecule has 3 rings (SSSR count). The van der Waals surface area contributed by atoms with Gasteiger partial charge >= 0.3 is 0 Å². The number of amides is 1. The second-order valence-electron chi connectivity index (χ2n) is 6.68. The molecule has 0 aliphatic carbocycles. The molecule has 148 valence electrons. The summed E-state index contributed by atoms with van der Waals surface area (Å²) in [4.78, 5) is 18.6. The van der Waals surface area contributed by atoms with Gasteiger partial charge in [-0.25, -0.2) is 0 Å². The number of anilines is 1. The van der Waals surface area contributed by atoms with Gasteiger partial charge in [0.15, 0.2) is 5.96 Å². The van der Waals surface area contributed by atoms with Gasteiger partial charge in [-0.15, -0.1) is 0 Å². The molecule has 1 aliphatic rings. The largest absolute Gasteiger partial charge is 0.369 e. The smallest absolute Gasteiger partial charge is 0.251 e. The number of benzene rings is 2. The number of nitrogens with zero attached hydrogens (tertiary/aromatic N) is 2. The van der Waals surface area contributed by atoms with E-state index in [1.54, 1.807) is 19.2 Å². The minimum atomic E-state index is -0.0710. The van der Waals surface area contributed by atoms with Crippen molar-refractivity contribution in [3.63, 3.8) is 0 Å². The van der Waals surface area contributed by atoms with Crippen LogP contribution in [0.5, 0.6) is 0 Å². The molecule has 0 bridgehead atoms. The summed E-state index contributed by atoms with van der Waals surface area (Å²) in [5, 5.41) is 10.4. The normalized spacial score (nSPS) is 16.7. The fraction of sp³-hybridized carbons (Fsp3) is 0.333. The lowest BCUT2D eigenvalue weighted by atomic mass is 10.2. The lowest BCUT2D eigenvalue weighted by molar-refractivity contribution is 0.0954. The molecule has 3 N–H and O–H groups in total. The molecule has 1 unspecified atom stereocenters. The number of halogens is 1. The number of guanidine groups is 1. The summed E-state index contributed by atoms with van der Waals surface area (Å²) in [6.07, 6.45) is 1.03. The molecular weight excluding hydrogens is 374 g/mol. The summed E-state index contributed by atoms with van der Waals surface area (Å²) in [5.41, 5.74) is 1.81. The minimum Gasteiger partial charge on any atom is -0.369 e. The van der Waals surface area contributed by atoms with Crippen molar-refractivity contribution in [2.45, 2.75) is 12.5 Å². The first kappa shape index (κ1) is 20.0. The van der Waals surface area contributed by atoms with Crippen molar-refractivity contribution in [3.05, 3.63) is 65.2 Å². The maximum absolute atomic E-state index is 12.0. The third-order valence-corrected chi connectivity index (χ3v) is 4.90. The predicted molar refractivity (Wildman–Crippen MR) is 115 cm³/mol. The first-order chi connectivity index (χ1) is 13.7. The van der Waals surface area contributed by atoms with Gasteiger partial charge < -0.3 is 20.9 Å². The second-order valence-corrected chi connectivity index (χ2v) is 7.11. The van der Waals surface area contributed by atoms with E-state index >= 15 is 0 Å². The predicted octanol–water partition coefficient (Wildman–Crippen LogP) is 2.51. The number of hydrogen-bond acceptors (Lipinski definition) is 3. The van der Waals surface area contributed by atoms with Crippen molar-refractivity contribution in [2.24, 2.45) is 4.99 Å². The fourth-order valence-electron chi connectivity index (χ4n) is 3.22. The SMILES string of the molecule is CN=C(NCCNC(=O)c1ccccc1)NC1CCN(c2cccc(Cl)c2)C1.